The zero-order valence-corrected chi connectivity index (χ0v) is 12.3. The number of nitrogens with one attached hydrogen (secondary N) is 2. The molecule has 2 aromatic rings. The van der Waals surface area contributed by atoms with Gasteiger partial charge < -0.3 is 10.6 Å². The summed E-state index contributed by atoms with van der Waals surface area (Å²) in [6.45, 7) is 2.24. The summed E-state index contributed by atoms with van der Waals surface area (Å²) in [6.07, 6.45) is 0. The number of nitrogens with zero attached hydrogens (tertiary/aromatic N) is 2. The van der Waals surface area contributed by atoms with E-state index in [0.717, 1.165) is 11.3 Å². The molecule has 0 radical (unpaired) electrons. The summed E-state index contributed by atoms with van der Waals surface area (Å²) in [6, 6.07) is 8.84. The maximum absolute atomic E-state index is 12.0. The van der Waals surface area contributed by atoms with Gasteiger partial charge in [-0.15, -0.1) is 0 Å². The van der Waals surface area contributed by atoms with Crippen molar-refractivity contribution in [2.75, 3.05) is 7.05 Å². The Morgan fingerprint density at radius 2 is 1.86 bits per heavy atom. The Balaban J connectivity index is 1.98. The van der Waals surface area contributed by atoms with Gasteiger partial charge in [0.05, 0.1) is 5.69 Å². The van der Waals surface area contributed by atoms with E-state index in [0.29, 0.717) is 17.8 Å². The molecule has 0 saturated heterocycles. The lowest BCUT2D eigenvalue weighted by Gasteiger charge is -2.06. The van der Waals surface area contributed by atoms with Crippen LogP contribution in [-0.4, -0.2) is 28.6 Å². The van der Waals surface area contributed by atoms with Crippen LogP contribution in [0.25, 0.3) is 0 Å². The summed E-state index contributed by atoms with van der Waals surface area (Å²) < 4.78 is 1.55. The molecule has 0 fully saturated rings. The predicted molar refractivity (Wildman–Crippen MR) is 78.9 cm³/mol. The number of rotatable bonds is 4. The average Bonchev–Trinajstić information content (AvgIpc) is 2.83. The van der Waals surface area contributed by atoms with Gasteiger partial charge >= 0.3 is 0 Å². The summed E-state index contributed by atoms with van der Waals surface area (Å²) >= 11 is 0. The molecule has 6 nitrogen and oxygen atoms in total. The third-order valence-corrected chi connectivity index (χ3v) is 3.13. The fourth-order valence-corrected chi connectivity index (χ4v) is 2.01. The van der Waals surface area contributed by atoms with Gasteiger partial charge in [0, 0.05) is 26.2 Å². The molecule has 0 aliphatic rings. The highest BCUT2D eigenvalue weighted by Gasteiger charge is 2.11. The van der Waals surface area contributed by atoms with Gasteiger partial charge in [-0.3, -0.25) is 14.3 Å². The monoisotopic (exact) mass is 286 g/mol. The highest BCUT2D eigenvalue weighted by atomic mass is 16.2. The quantitative estimate of drug-likeness (QED) is 0.881. The van der Waals surface area contributed by atoms with Crippen molar-refractivity contribution >= 4 is 11.8 Å². The van der Waals surface area contributed by atoms with Crippen LogP contribution in [-0.2, 0) is 13.6 Å². The van der Waals surface area contributed by atoms with Crippen LogP contribution in [0.5, 0.6) is 0 Å². The molecule has 0 saturated carbocycles. The van der Waals surface area contributed by atoms with Gasteiger partial charge in [0.1, 0.15) is 5.69 Å². The Morgan fingerprint density at radius 3 is 2.38 bits per heavy atom. The van der Waals surface area contributed by atoms with E-state index in [-0.39, 0.29) is 11.8 Å². The third-order valence-electron chi connectivity index (χ3n) is 3.13. The van der Waals surface area contributed by atoms with E-state index in [1.807, 2.05) is 19.1 Å². The van der Waals surface area contributed by atoms with Crippen LogP contribution in [0.2, 0.25) is 0 Å². The van der Waals surface area contributed by atoms with Crippen molar-refractivity contribution in [3.8, 4) is 0 Å². The van der Waals surface area contributed by atoms with Gasteiger partial charge in [0.15, 0.2) is 0 Å². The standard InChI is InChI=1S/C15H18N4O2/c1-10-8-13(19(3)18-10)15(21)17-9-11-4-6-12(7-5-11)14(20)16-2/h4-8H,9H2,1-3H3,(H,16,20)(H,17,21). The van der Waals surface area contributed by atoms with Crippen molar-refractivity contribution in [3.05, 3.63) is 52.8 Å². The molecule has 2 N–H and O–H groups in total. The number of carbonyl (C=O) groups excluding carboxylic acids is 2. The first-order valence-electron chi connectivity index (χ1n) is 6.61. The fraction of sp³-hybridized carbons (Fsp3) is 0.267. The van der Waals surface area contributed by atoms with Crippen LogP contribution < -0.4 is 10.6 Å². The topological polar surface area (TPSA) is 76.0 Å². The lowest BCUT2D eigenvalue weighted by molar-refractivity contribution is 0.0938. The molecule has 2 rings (SSSR count). The Labute approximate surface area is 123 Å². The fourth-order valence-electron chi connectivity index (χ4n) is 2.01. The Bertz CT molecular complexity index is 659. The molecule has 21 heavy (non-hydrogen) atoms. The maximum Gasteiger partial charge on any atom is 0.269 e. The van der Waals surface area contributed by atoms with Crippen LogP contribution in [0.1, 0.15) is 32.1 Å². The highest BCUT2D eigenvalue weighted by Crippen LogP contribution is 2.06. The number of amides is 2. The van der Waals surface area contributed by atoms with Crippen LogP contribution in [0.3, 0.4) is 0 Å². The van der Waals surface area contributed by atoms with E-state index in [1.165, 1.54) is 0 Å². The lowest BCUT2D eigenvalue weighted by Crippen LogP contribution is -2.25. The zero-order valence-electron chi connectivity index (χ0n) is 12.3. The smallest absolute Gasteiger partial charge is 0.269 e. The molecule has 1 aromatic heterocycles. The molecule has 0 atom stereocenters. The Morgan fingerprint density at radius 1 is 1.19 bits per heavy atom. The van der Waals surface area contributed by atoms with E-state index in [2.05, 4.69) is 15.7 Å². The average molecular weight is 286 g/mol. The van der Waals surface area contributed by atoms with Crippen molar-refractivity contribution in [2.45, 2.75) is 13.5 Å². The number of aryl methyl sites for hydroxylation is 2. The molecular weight excluding hydrogens is 268 g/mol. The molecule has 1 heterocycles. The summed E-state index contributed by atoms with van der Waals surface area (Å²) in [5.41, 5.74) is 2.84. The second-order valence-electron chi connectivity index (χ2n) is 4.75. The van der Waals surface area contributed by atoms with Gasteiger partial charge in [-0.2, -0.15) is 5.10 Å². The minimum absolute atomic E-state index is 0.129. The molecule has 0 unspecified atom stereocenters. The second-order valence-corrected chi connectivity index (χ2v) is 4.75. The van der Waals surface area contributed by atoms with Crippen molar-refractivity contribution in [3.63, 3.8) is 0 Å². The second kappa shape index (κ2) is 6.21. The molecule has 0 aliphatic heterocycles. The van der Waals surface area contributed by atoms with E-state index in [9.17, 15) is 9.59 Å². The van der Waals surface area contributed by atoms with Crippen molar-refractivity contribution in [1.29, 1.82) is 0 Å². The number of carbonyl (C=O) groups is 2. The highest BCUT2D eigenvalue weighted by molar-refractivity contribution is 5.94. The van der Waals surface area contributed by atoms with Gasteiger partial charge in [-0.05, 0) is 30.7 Å². The molecule has 2 amide bonds. The number of benzene rings is 1. The van der Waals surface area contributed by atoms with Crippen molar-refractivity contribution in [2.24, 2.45) is 7.05 Å². The molecule has 1 aromatic carbocycles. The molecule has 0 bridgehead atoms. The first kappa shape index (κ1) is 14.8. The summed E-state index contributed by atoms with van der Waals surface area (Å²) in [5.74, 6) is -0.301. The van der Waals surface area contributed by atoms with Gasteiger partial charge in [-0.1, -0.05) is 12.1 Å². The predicted octanol–water partition coefficient (Wildman–Crippen LogP) is 1.02. The van der Waals surface area contributed by atoms with Crippen molar-refractivity contribution in [1.82, 2.24) is 20.4 Å². The molecular formula is C15H18N4O2. The largest absolute Gasteiger partial charge is 0.355 e. The minimum Gasteiger partial charge on any atom is -0.355 e. The zero-order chi connectivity index (χ0) is 15.4. The SMILES string of the molecule is CNC(=O)c1ccc(CNC(=O)c2cc(C)nn2C)cc1. The van der Waals surface area contributed by atoms with E-state index in [1.54, 1.807) is 37.0 Å². The number of hydrogen-bond donors (Lipinski definition) is 2. The third kappa shape index (κ3) is 3.47. The van der Waals surface area contributed by atoms with E-state index < -0.39 is 0 Å². The van der Waals surface area contributed by atoms with Crippen LogP contribution in [0, 0.1) is 6.92 Å². The summed E-state index contributed by atoms with van der Waals surface area (Å²) in [5, 5.41) is 9.53. The molecule has 0 spiro atoms. The first-order valence-corrected chi connectivity index (χ1v) is 6.61. The number of aromatic nitrogens is 2. The minimum atomic E-state index is -0.173. The summed E-state index contributed by atoms with van der Waals surface area (Å²) in [4.78, 5) is 23.5. The first-order chi connectivity index (χ1) is 10.0. The molecule has 110 valence electrons. The molecule has 0 aliphatic carbocycles. The van der Waals surface area contributed by atoms with Crippen LogP contribution >= 0.6 is 0 Å². The number of hydrogen-bond acceptors (Lipinski definition) is 3. The lowest BCUT2D eigenvalue weighted by atomic mass is 10.1. The van der Waals surface area contributed by atoms with Gasteiger partial charge in [0.25, 0.3) is 11.8 Å². The summed E-state index contributed by atoms with van der Waals surface area (Å²) in [7, 11) is 3.33. The van der Waals surface area contributed by atoms with E-state index in [4.69, 9.17) is 0 Å². The Kier molecular flexibility index (Phi) is 4.37. The molecule has 6 heteroatoms. The Hall–Kier alpha value is -2.63. The van der Waals surface area contributed by atoms with Crippen LogP contribution in [0.15, 0.2) is 30.3 Å². The van der Waals surface area contributed by atoms with Crippen LogP contribution in [0.4, 0.5) is 0 Å². The van der Waals surface area contributed by atoms with E-state index >= 15 is 0 Å². The van der Waals surface area contributed by atoms with Gasteiger partial charge in [-0.25, -0.2) is 0 Å². The van der Waals surface area contributed by atoms with Crippen molar-refractivity contribution < 1.29 is 9.59 Å². The normalized spacial score (nSPS) is 10.2. The van der Waals surface area contributed by atoms with Gasteiger partial charge in [0.2, 0.25) is 0 Å². The maximum atomic E-state index is 12.0.